The van der Waals surface area contributed by atoms with E-state index in [-0.39, 0.29) is 12.2 Å². The molecule has 0 radical (unpaired) electrons. The van der Waals surface area contributed by atoms with E-state index in [0.29, 0.717) is 11.9 Å². The van der Waals surface area contributed by atoms with Crippen LogP contribution in [0.25, 0.3) is 0 Å². The van der Waals surface area contributed by atoms with Crippen molar-refractivity contribution in [3.8, 4) is 0 Å². The quantitative estimate of drug-likeness (QED) is 0.902. The summed E-state index contributed by atoms with van der Waals surface area (Å²) in [6.07, 6.45) is 5.87. The summed E-state index contributed by atoms with van der Waals surface area (Å²) in [5.74, 6) is 0.295. The van der Waals surface area contributed by atoms with Gasteiger partial charge >= 0.3 is 0 Å². The van der Waals surface area contributed by atoms with Gasteiger partial charge in [0.1, 0.15) is 0 Å². The van der Waals surface area contributed by atoms with Crippen molar-refractivity contribution < 1.29 is 4.79 Å². The normalized spacial score (nSPS) is 28.3. The third-order valence-electron chi connectivity index (χ3n) is 4.41. The van der Waals surface area contributed by atoms with Gasteiger partial charge in [-0.05, 0) is 31.7 Å². The van der Waals surface area contributed by atoms with E-state index in [0.717, 1.165) is 6.42 Å². The SMILES string of the molecule is CC1NC(Cc2ccccc2)C(=O)N1C1CCCC1. The lowest BCUT2D eigenvalue weighted by Crippen LogP contribution is -2.41. The molecule has 1 aliphatic carbocycles. The van der Waals surface area contributed by atoms with Gasteiger partial charge in [-0.3, -0.25) is 10.1 Å². The highest BCUT2D eigenvalue weighted by Gasteiger charge is 2.40. The van der Waals surface area contributed by atoms with Crippen molar-refractivity contribution in [3.63, 3.8) is 0 Å². The lowest BCUT2D eigenvalue weighted by molar-refractivity contribution is -0.131. The molecule has 1 aromatic rings. The molecule has 1 aromatic carbocycles. The minimum absolute atomic E-state index is 0.0435. The van der Waals surface area contributed by atoms with Crippen LogP contribution in [-0.4, -0.2) is 29.1 Å². The predicted molar refractivity (Wildman–Crippen MR) is 75.6 cm³/mol. The summed E-state index contributed by atoms with van der Waals surface area (Å²) in [6, 6.07) is 10.7. The Morgan fingerprint density at radius 3 is 2.58 bits per heavy atom. The van der Waals surface area contributed by atoms with Crippen LogP contribution in [0.3, 0.4) is 0 Å². The summed E-state index contributed by atoms with van der Waals surface area (Å²) >= 11 is 0. The van der Waals surface area contributed by atoms with E-state index >= 15 is 0 Å². The van der Waals surface area contributed by atoms with Gasteiger partial charge in [-0.15, -0.1) is 0 Å². The van der Waals surface area contributed by atoms with Crippen LogP contribution >= 0.6 is 0 Å². The minimum Gasteiger partial charge on any atom is -0.323 e. The number of carbonyl (C=O) groups excluding carboxylic acids is 1. The Bertz CT molecular complexity index is 439. The largest absolute Gasteiger partial charge is 0.323 e. The van der Waals surface area contributed by atoms with Crippen LogP contribution in [0.1, 0.15) is 38.2 Å². The summed E-state index contributed by atoms with van der Waals surface area (Å²) in [7, 11) is 0. The van der Waals surface area contributed by atoms with E-state index in [4.69, 9.17) is 0 Å². The maximum atomic E-state index is 12.6. The average molecular weight is 258 g/mol. The van der Waals surface area contributed by atoms with E-state index in [1.54, 1.807) is 0 Å². The van der Waals surface area contributed by atoms with Gasteiger partial charge in [0, 0.05) is 6.04 Å². The van der Waals surface area contributed by atoms with Gasteiger partial charge in [0.25, 0.3) is 0 Å². The van der Waals surface area contributed by atoms with E-state index in [9.17, 15) is 4.79 Å². The van der Waals surface area contributed by atoms with E-state index < -0.39 is 0 Å². The molecule has 3 nitrogen and oxygen atoms in total. The van der Waals surface area contributed by atoms with Crippen molar-refractivity contribution in [1.82, 2.24) is 10.2 Å². The number of nitrogens with one attached hydrogen (secondary N) is 1. The number of hydrogen-bond donors (Lipinski definition) is 1. The monoisotopic (exact) mass is 258 g/mol. The van der Waals surface area contributed by atoms with Gasteiger partial charge in [0.2, 0.25) is 5.91 Å². The maximum absolute atomic E-state index is 12.6. The molecule has 102 valence electrons. The molecule has 1 heterocycles. The molecule has 2 unspecified atom stereocenters. The highest BCUT2D eigenvalue weighted by atomic mass is 16.2. The Labute approximate surface area is 115 Å². The minimum atomic E-state index is -0.0435. The van der Waals surface area contributed by atoms with Crippen molar-refractivity contribution in [2.24, 2.45) is 0 Å². The van der Waals surface area contributed by atoms with Crippen LogP contribution < -0.4 is 5.32 Å². The predicted octanol–water partition coefficient (Wildman–Crippen LogP) is 2.32. The Kier molecular flexibility index (Phi) is 3.56. The summed E-state index contributed by atoms with van der Waals surface area (Å²) < 4.78 is 0. The van der Waals surface area contributed by atoms with Crippen LogP contribution in [0.15, 0.2) is 30.3 Å². The number of nitrogens with zero attached hydrogens (tertiary/aromatic N) is 1. The van der Waals surface area contributed by atoms with Crippen LogP contribution in [0, 0.1) is 0 Å². The van der Waals surface area contributed by atoms with Gasteiger partial charge < -0.3 is 4.90 Å². The number of hydrogen-bond acceptors (Lipinski definition) is 2. The van der Waals surface area contributed by atoms with Gasteiger partial charge in [-0.25, -0.2) is 0 Å². The smallest absolute Gasteiger partial charge is 0.241 e. The molecular weight excluding hydrogens is 236 g/mol. The Balaban J connectivity index is 1.70. The molecule has 2 atom stereocenters. The highest BCUT2D eigenvalue weighted by molar-refractivity contribution is 5.85. The summed E-state index contributed by atoms with van der Waals surface area (Å²) in [5, 5.41) is 3.46. The van der Waals surface area contributed by atoms with Crippen molar-refractivity contribution in [2.45, 2.75) is 57.3 Å². The molecule has 3 heteroatoms. The molecule has 1 aliphatic heterocycles. The first kappa shape index (κ1) is 12.7. The highest BCUT2D eigenvalue weighted by Crippen LogP contribution is 2.28. The van der Waals surface area contributed by atoms with Crippen molar-refractivity contribution in [2.75, 3.05) is 0 Å². The van der Waals surface area contributed by atoms with Gasteiger partial charge in [-0.1, -0.05) is 43.2 Å². The molecule has 2 fully saturated rings. The Hall–Kier alpha value is -1.35. The average Bonchev–Trinajstić information content (AvgIpc) is 3.01. The zero-order valence-corrected chi connectivity index (χ0v) is 11.5. The second-order valence-electron chi connectivity index (χ2n) is 5.77. The molecule has 19 heavy (non-hydrogen) atoms. The number of benzene rings is 1. The molecule has 1 N–H and O–H groups in total. The zero-order chi connectivity index (χ0) is 13.2. The molecule has 1 saturated carbocycles. The fourth-order valence-corrected chi connectivity index (χ4v) is 3.49. The Morgan fingerprint density at radius 2 is 1.89 bits per heavy atom. The fraction of sp³-hybridized carbons (Fsp3) is 0.562. The first-order valence-electron chi connectivity index (χ1n) is 7.38. The topological polar surface area (TPSA) is 32.3 Å². The lowest BCUT2D eigenvalue weighted by atomic mass is 10.1. The first-order chi connectivity index (χ1) is 9.25. The van der Waals surface area contributed by atoms with Gasteiger partial charge in [0.15, 0.2) is 0 Å². The molecule has 1 saturated heterocycles. The number of carbonyl (C=O) groups is 1. The van der Waals surface area contributed by atoms with E-state index in [2.05, 4.69) is 29.3 Å². The third-order valence-corrected chi connectivity index (χ3v) is 4.41. The van der Waals surface area contributed by atoms with Crippen LogP contribution in [0.2, 0.25) is 0 Å². The zero-order valence-electron chi connectivity index (χ0n) is 11.5. The summed E-state index contributed by atoms with van der Waals surface area (Å²) in [6.45, 7) is 2.11. The van der Waals surface area contributed by atoms with Crippen molar-refractivity contribution >= 4 is 5.91 Å². The summed E-state index contributed by atoms with van der Waals surface area (Å²) in [5.41, 5.74) is 1.23. The van der Waals surface area contributed by atoms with E-state index in [1.807, 2.05) is 18.2 Å². The second kappa shape index (κ2) is 5.33. The van der Waals surface area contributed by atoms with E-state index in [1.165, 1.54) is 31.2 Å². The van der Waals surface area contributed by atoms with Gasteiger partial charge in [0.05, 0.1) is 12.2 Å². The molecule has 3 rings (SSSR count). The molecule has 0 aromatic heterocycles. The number of rotatable bonds is 3. The number of amides is 1. The fourth-order valence-electron chi connectivity index (χ4n) is 3.49. The van der Waals surface area contributed by atoms with Crippen LogP contribution in [0.4, 0.5) is 0 Å². The molecule has 1 amide bonds. The van der Waals surface area contributed by atoms with Gasteiger partial charge in [-0.2, -0.15) is 0 Å². The molecule has 0 spiro atoms. The second-order valence-corrected chi connectivity index (χ2v) is 5.77. The molecule has 0 bridgehead atoms. The third kappa shape index (κ3) is 2.52. The summed E-state index contributed by atoms with van der Waals surface area (Å²) in [4.78, 5) is 14.7. The van der Waals surface area contributed by atoms with Crippen LogP contribution in [0.5, 0.6) is 0 Å². The first-order valence-corrected chi connectivity index (χ1v) is 7.38. The molecular formula is C16H22N2O. The van der Waals surface area contributed by atoms with Crippen molar-refractivity contribution in [3.05, 3.63) is 35.9 Å². The maximum Gasteiger partial charge on any atom is 0.241 e. The standard InChI is InChI=1S/C16H22N2O/c1-12-17-15(11-13-7-3-2-4-8-13)16(19)18(12)14-9-5-6-10-14/h2-4,7-8,12,14-15,17H,5-6,9-11H2,1H3. The van der Waals surface area contributed by atoms with Crippen molar-refractivity contribution in [1.29, 1.82) is 0 Å². The Morgan fingerprint density at radius 1 is 1.21 bits per heavy atom. The lowest BCUT2D eigenvalue weighted by Gasteiger charge is -2.27. The van der Waals surface area contributed by atoms with Crippen LogP contribution in [-0.2, 0) is 11.2 Å². The molecule has 2 aliphatic rings.